The van der Waals surface area contributed by atoms with E-state index in [-0.39, 0.29) is 5.82 Å². The average Bonchev–Trinajstić information content (AvgIpc) is 2.58. The molecule has 1 aromatic heterocycles. The summed E-state index contributed by atoms with van der Waals surface area (Å²) in [6.45, 7) is 0.922. The smallest absolute Gasteiger partial charge is 0.123 e. The Bertz CT molecular complexity index is 808. The standard InChI is InChI=1S/C18H16ClFN2O/c19-16-8-5-13(18-15(16)2-1-9-22-18)10-21-11-17(23)12-3-6-14(20)7-4-12/h1-9,17,21,23H,10-11H2. The van der Waals surface area contributed by atoms with E-state index in [2.05, 4.69) is 10.3 Å². The molecular weight excluding hydrogens is 315 g/mol. The number of aliphatic hydroxyl groups excluding tert-OH is 1. The summed E-state index contributed by atoms with van der Waals surface area (Å²) in [5.41, 5.74) is 2.54. The molecule has 0 fully saturated rings. The molecule has 2 N–H and O–H groups in total. The van der Waals surface area contributed by atoms with Crippen molar-refractivity contribution in [3.05, 3.63) is 76.7 Å². The fraction of sp³-hybridized carbons (Fsp3) is 0.167. The first-order valence-electron chi connectivity index (χ1n) is 7.31. The summed E-state index contributed by atoms with van der Waals surface area (Å²) in [6, 6.07) is 13.4. The van der Waals surface area contributed by atoms with Crippen LogP contribution in [0.15, 0.2) is 54.7 Å². The van der Waals surface area contributed by atoms with Gasteiger partial charge in [-0.1, -0.05) is 29.8 Å². The third-order valence-electron chi connectivity index (χ3n) is 3.71. The third-order valence-corrected chi connectivity index (χ3v) is 4.04. The van der Waals surface area contributed by atoms with Crippen molar-refractivity contribution in [1.29, 1.82) is 0 Å². The van der Waals surface area contributed by atoms with Crippen molar-refractivity contribution in [2.75, 3.05) is 6.54 Å². The van der Waals surface area contributed by atoms with Gasteiger partial charge in [0.15, 0.2) is 0 Å². The Morgan fingerprint density at radius 3 is 2.70 bits per heavy atom. The van der Waals surface area contributed by atoms with Gasteiger partial charge in [0.05, 0.1) is 11.6 Å². The second-order valence-electron chi connectivity index (χ2n) is 5.30. The van der Waals surface area contributed by atoms with Crippen molar-refractivity contribution in [3.8, 4) is 0 Å². The number of hydrogen-bond donors (Lipinski definition) is 2. The van der Waals surface area contributed by atoms with E-state index >= 15 is 0 Å². The molecular formula is C18H16ClFN2O. The predicted octanol–water partition coefficient (Wildman–Crippen LogP) is 3.85. The molecule has 0 radical (unpaired) electrons. The summed E-state index contributed by atoms with van der Waals surface area (Å²) in [4.78, 5) is 4.38. The Morgan fingerprint density at radius 1 is 1.13 bits per heavy atom. The Hall–Kier alpha value is -2.01. The van der Waals surface area contributed by atoms with Crippen LogP contribution in [0.3, 0.4) is 0 Å². The second-order valence-corrected chi connectivity index (χ2v) is 5.71. The average molecular weight is 331 g/mol. The molecule has 23 heavy (non-hydrogen) atoms. The van der Waals surface area contributed by atoms with Gasteiger partial charge in [-0.05, 0) is 41.5 Å². The summed E-state index contributed by atoms with van der Waals surface area (Å²) < 4.78 is 12.9. The monoisotopic (exact) mass is 330 g/mol. The largest absolute Gasteiger partial charge is 0.387 e. The number of hydrogen-bond acceptors (Lipinski definition) is 3. The molecule has 0 aliphatic carbocycles. The number of pyridine rings is 1. The maximum Gasteiger partial charge on any atom is 0.123 e. The fourth-order valence-electron chi connectivity index (χ4n) is 2.49. The van der Waals surface area contributed by atoms with Crippen molar-refractivity contribution in [3.63, 3.8) is 0 Å². The molecule has 0 amide bonds. The number of rotatable bonds is 5. The van der Waals surface area contributed by atoms with Crippen molar-refractivity contribution in [2.45, 2.75) is 12.6 Å². The molecule has 0 aliphatic rings. The Balaban J connectivity index is 1.67. The Morgan fingerprint density at radius 2 is 1.91 bits per heavy atom. The van der Waals surface area contributed by atoms with Crippen LogP contribution in [0.1, 0.15) is 17.2 Å². The van der Waals surface area contributed by atoms with E-state index in [1.54, 1.807) is 18.3 Å². The number of nitrogens with one attached hydrogen (secondary N) is 1. The van der Waals surface area contributed by atoms with E-state index < -0.39 is 6.10 Å². The summed E-state index contributed by atoms with van der Waals surface area (Å²) in [5.74, 6) is -0.312. The minimum Gasteiger partial charge on any atom is -0.387 e. The third kappa shape index (κ3) is 3.67. The molecule has 0 spiro atoms. The van der Waals surface area contributed by atoms with Gasteiger partial charge < -0.3 is 10.4 Å². The number of fused-ring (bicyclic) bond motifs is 1. The van der Waals surface area contributed by atoms with Gasteiger partial charge in [0.2, 0.25) is 0 Å². The summed E-state index contributed by atoms with van der Waals surface area (Å²) in [5, 5.41) is 14.9. The second kappa shape index (κ2) is 7.04. The van der Waals surface area contributed by atoms with Crippen LogP contribution in [0.2, 0.25) is 5.02 Å². The van der Waals surface area contributed by atoms with E-state index in [1.165, 1.54) is 12.1 Å². The number of aliphatic hydroxyl groups is 1. The molecule has 118 valence electrons. The zero-order valence-electron chi connectivity index (χ0n) is 12.3. The van der Waals surface area contributed by atoms with Gasteiger partial charge in [0, 0.05) is 29.7 Å². The molecule has 0 bridgehead atoms. The van der Waals surface area contributed by atoms with Gasteiger partial charge in [0.25, 0.3) is 0 Å². The van der Waals surface area contributed by atoms with Gasteiger partial charge in [0.1, 0.15) is 5.82 Å². The molecule has 2 aromatic carbocycles. The van der Waals surface area contributed by atoms with Crippen LogP contribution >= 0.6 is 11.6 Å². The first kappa shape index (κ1) is 15.9. The number of aromatic nitrogens is 1. The highest BCUT2D eigenvalue weighted by Crippen LogP contribution is 2.24. The van der Waals surface area contributed by atoms with Crippen LogP contribution in [0.5, 0.6) is 0 Å². The molecule has 5 heteroatoms. The van der Waals surface area contributed by atoms with Crippen molar-refractivity contribution >= 4 is 22.5 Å². The number of halogens is 2. The lowest BCUT2D eigenvalue weighted by molar-refractivity contribution is 0.174. The molecule has 3 rings (SSSR count). The van der Waals surface area contributed by atoms with E-state index in [1.807, 2.05) is 24.3 Å². The van der Waals surface area contributed by atoms with Crippen molar-refractivity contribution < 1.29 is 9.50 Å². The van der Waals surface area contributed by atoms with Gasteiger partial charge in [-0.25, -0.2) is 4.39 Å². The van der Waals surface area contributed by atoms with Gasteiger partial charge in [-0.2, -0.15) is 0 Å². The van der Waals surface area contributed by atoms with E-state index in [0.717, 1.165) is 16.5 Å². The highest BCUT2D eigenvalue weighted by molar-refractivity contribution is 6.35. The van der Waals surface area contributed by atoms with Crippen LogP contribution in [0.4, 0.5) is 4.39 Å². The molecule has 0 saturated heterocycles. The topological polar surface area (TPSA) is 45.1 Å². The number of nitrogens with zero attached hydrogens (tertiary/aromatic N) is 1. The van der Waals surface area contributed by atoms with Crippen LogP contribution in [-0.4, -0.2) is 16.6 Å². The molecule has 0 saturated carbocycles. The molecule has 1 atom stereocenters. The highest BCUT2D eigenvalue weighted by Gasteiger charge is 2.09. The predicted molar refractivity (Wildman–Crippen MR) is 89.8 cm³/mol. The molecule has 0 aliphatic heterocycles. The lowest BCUT2D eigenvalue weighted by atomic mass is 10.1. The molecule has 3 aromatic rings. The Labute approximate surface area is 138 Å². The normalized spacial score (nSPS) is 12.5. The number of benzene rings is 2. The highest BCUT2D eigenvalue weighted by atomic mass is 35.5. The lowest BCUT2D eigenvalue weighted by Gasteiger charge is -2.13. The summed E-state index contributed by atoms with van der Waals surface area (Å²) in [6.07, 6.45) is 1.04. The SMILES string of the molecule is OC(CNCc1ccc(Cl)c2cccnc12)c1ccc(F)cc1. The van der Waals surface area contributed by atoms with Crippen molar-refractivity contribution in [1.82, 2.24) is 10.3 Å². The minimum absolute atomic E-state index is 0.312. The fourth-order valence-corrected chi connectivity index (χ4v) is 2.70. The van der Waals surface area contributed by atoms with E-state index in [0.29, 0.717) is 23.7 Å². The molecule has 1 heterocycles. The maximum atomic E-state index is 12.9. The van der Waals surface area contributed by atoms with Gasteiger partial charge >= 0.3 is 0 Å². The quantitative estimate of drug-likeness (QED) is 0.747. The van der Waals surface area contributed by atoms with Crippen LogP contribution in [0, 0.1) is 5.82 Å². The zero-order chi connectivity index (χ0) is 16.2. The van der Waals surface area contributed by atoms with Crippen molar-refractivity contribution in [2.24, 2.45) is 0 Å². The summed E-state index contributed by atoms with van der Waals surface area (Å²) >= 11 is 6.18. The summed E-state index contributed by atoms with van der Waals surface area (Å²) in [7, 11) is 0. The molecule has 1 unspecified atom stereocenters. The van der Waals surface area contributed by atoms with Gasteiger partial charge in [-0.15, -0.1) is 0 Å². The zero-order valence-corrected chi connectivity index (χ0v) is 13.1. The van der Waals surface area contributed by atoms with Crippen LogP contribution in [-0.2, 0) is 6.54 Å². The maximum absolute atomic E-state index is 12.9. The van der Waals surface area contributed by atoms with Gasteiger partial charge in [-0.3, -0.25) is 4.98 Å². The van der Waals surface area contributed by atoms with E-state index in [4.69, 9.17) is 11.6 Å². The van der Waals surface area contributed by atoms with E-state index in [9.17, 15) is 9.50 Å². The Kier molecular flexibility index (Phi) is 4.86. The molecule has 3 nitrogen and oxygen atoms in total. The first-order valence-corrected chi connectivity index (χ1v) is 7.69. The van der Waals surface area contributed by atoms with Crippen LogP contribution in [0.25, 0.3) is 10.9 Å². The first-order chi connectivity index (χ1) is 11.1. The van der Waals surface area contributed by atoms with Crippen LogP contribution < -0.4 is 5.32 Å². The minimum atomic E-state index is -0.692. The lowest BCUT2D eigenvalue weighted by Crippen LogP contribution is -2.21.